The summed E-state index contributed by atoms with van der Waals surface area (Å²) in [7, 11) is 1.35. The monoisotopic (exact) mass is 391 g/mol. The Morgan fingerprint density at radius 3 is 2.52 bits per heavy atom. The molecule has 0 radical (unpaired) electrons. The third-order valence-corrected chi connectivity index (χ3v) is 7.81. The zero-order chi connectivity index (χ0) is 19.3. The predicted octanol–water partition coefficient (Wildman–Crippen LogP) is 3.34. The summed E-state index contributed by atoms with van der Waals surface area (Å²) in [4.78, 5) is 38.3. The van der Waals surface area contributed by atoms with E-state index in [0.29, 0.717) is 16.5 Å². The second-order valence-electron chi connectivity index (χ2n) is 8.26. The first-order valence-electron chi connectivity index (χ1n) is 9.67. The van der Waals surface area contributed by atoms with Crippen LogP contribution in [0.2, 0.25) is 0 Å². The van der Waals surface area contributed by atoms with Gasteiger partial charge in [-0.15, -0.1) is 11.3 Å². The van der Waals surface area contributed by atoms with Gasteiger partial charge in [-0.25, -0.2) is 4.79 Å². The fourth-order valence-electron chi connectivity index (χ4n) is 5.38. The van der Waals surface area contributed by atoms with Crippen LogP contribution in [-0.2, 0) is 27.2 Å². The fourth-order valence-corrected chi connectivity index (χ4v) is 6.78. The summed E-state index contributed by atoms with van der Waals surface area (Å²) in [5.74, 6) is -1.91. The van der Waals surface area contributed by atoms with Crippen molar-refractivity contribution in [1.29, 1.82) is 0 Å². The third kappa shape index (κ3) is 3.06. The summed E-state index contributed by atoms with van der Waals surface area (Å²) in [5, 5.41) is 13.1. The maximum Gasteiger partial charge on any atom is 0.341 e. The second-order valence-corrected chi connectivity index (χ2v) is 9.36. The molecule has 3 aliphatic carbocycles. The SMILES string of the molecule is COC(=O)c1c(NC(=O)[C@@H]2[C@H]3CC[C@@H](C3)[C@@H]2C(=O)O)sc2c1CC[C@@H](C)C2. The minimum Gasteiger partial charge on any atom is -0.481 e. The summed E-state index contributed by atoms with van der Waals surface area (Å²) < 4.78 is 4.97. The molecular weight excluding hydrogens is 366 g/mol. The maximum absolute atomic E-state index is 13.0. The number of rotatable bonds is 4. The van der Waals surface area contributed by atoms with Crippen LogP contribution < -0.4 is 5.32 Å². The van der Waals surface area contributed by atoms with Gasteiger partial charge in [-0.05, 0) is 61.8 Å². The Morgan fingerprint density at radius 2 is 1.85 bits per heavy atom. The van der Waals surface area contributed by atoms with E-state index in [4.69, 9.17) is 4.74 Å². The fraction of sp³-hybridized carbons (Fsp3) is 0.650. The average Bonchev–Trinajstić information content (AvgIpc) is 3.32. The van der Waals surface area contributed by atoms with E-state index in [-0.39, 0.29) is 17.7 Å². The molecule has 0 aliphatic heterocycles. The molecule has 27 heavy (non-hydrogen) atoms. The van der Waals surface area contributed by atoms with Crippen molar-refractivity contribution in [3.05, 3.63) is 16.0 Å². The molecule has 146 valence electrons. The normalized spacial score (nSPS) is 31.4. The van der Waals surface area contributed by atoms with Gasteiger partial charge in [-0.3, -0.25) is 9.59 Å². The van der Waals surface area contributed by atoms with E-state index >= 15 is 0 Å². The molecule has 7 heteroatoms. The number of hydrogen-bond acceptors (Lipinski definition) is 5. The highest BCUT2D eigenvalue weighted by molar-refractivity contribution is 7.17. The molecule has 0 spiro atoms. The average molecular weight is 391 g/mol. The Bertz CT molecular complexity index is 801. The molecule has 1 aromatic rings. The van der Waals surface area contributed by atoms with Gasteiger partial charge >= 0.3 is 11.9 Å². The molecule has 1 heterocycles. The summed E-state index contributed by atoms with van der Waals surface area (Å²) >= 11 is 1.45. The van der Waals surface area contributed by atoms with Crippen molar-refractivity contribution in [2.45, 2.75) is 45.4 Å². The van der Waals surface area contributed by atoms with Crippen molar-refractivity contribution < 1.29 is 24.2 Å². The lowest BCUT2D eigenvalue weighted by Gasteiger charge is -2.26. The summed E-state index contributed by atoms with van der Waals surface area (Å²) in [6, 6.07) is 0. The molecule has 3 aliphatic rings. The van der Waals surface area contributed by atoms with Crippen molar-refractivity contribution in [3.8, 4) is 0 Å². The van der Waals surface area contributed by atoms with Crippen LogP contribution in [0.4, 0.5) is 5.00 Å². The number of amides is 1. The first-order chi connectivity index (χ1) is 12.9. The first-order valence-corrected chi connectivity index (χ1v) is 10.5. The van der Waals surface area contributed by atoms with Crippen LogP contribution in [-0.4, -0.2) is 30.1 Å². The van der Waals surface area contributed by atoms with Gasteiger partial charge in [-0.2, -0.15) is 0 Å². The van der Waals surface area contributed by atoms with Gasteiger partial charge in [0.05, 0.1) is 24.5 Å². The van der Waals surface area contributed by atoms with Gasteiger partial charge in [0, 0.05) is 4.88 Å². The zero-order valence-corrected chi connectivity index (χ0v) is 16.4. The van der Waals surface area contributed by atoms with Crippen LogP contribution in [0.25, 0.3) is 0 Å². The van der Waals surface area contributed by atoms with Crippen molar-refractivity contribution in [3.63, 3.8) is 0 Å². The van der Waals surface area contributed by atoms with Crippen molar-refractivity contribution >= 4 is 34.2 Å². The highest BCUT2D eigenvalue weighted by Crippen LogP contribution is 2.53. The Kier molecular flexibility index (Phi) is 4.74. The lowest BCUT2D eigenvalue weighted by Crippen LogP contribution is -2.38. The number of nitrogens with one attached hydrogen (secondary N) is 1. The van der Waals surface area contributed by atoms with Crippen LogP contribution in [0.1, 0.15) is 53.4 Å². The van der Waals surface area contributed by atoms with Crippen molar-refractivity contribution in [1.82, 2.24) is 0 Å². The Balaban J connectivity index is 1.63. The number of carbonyl (C=O) groups excluding carboxylic acids is 2. The van der Waals surface area contributed by atoms with Crippen LogP contribution in [0, 0.1) is 29.6 Å². The number of thiophene rings is 1. The molecule has 0 saturated heterocycles. The van der Waals surface area contributed by atoms with Crippen LogP contribution in [0.15, 0.2) is 0 Å². The molecule has 6 nitrogen and oxygen atoms in total. The molecule has 2 bridgehead atoms. The molecule has 0 unspecified atom stereocenters. The summed E-state index contributed by atoms with van der Waals surface area (Å²) in [6.07, 6.45) is 5.33. The number of carboxylic acids is 1. The van der Waals surface area contributed by atoms with Gasteiger partial charge in [0.25, 0.3) is 0 Å². The molecule has 4 rings (SSSR count). The van der Waals surface area contributed by atoms with Gasteiger partial charge in [0.15, 0.2) is 0 Å². The maximum atomic E-state index is 13.0. The molecule has 2 saturated carbocycles. The van der Waals surface area contributed by atoms with Gasteiger partial charge in [-0.1, -0.05) is 6.92 Å². The molecule has 5 atom stereocenters. The van der Waals surface area contributed by atoms with E-state index in [2.05, 4.69) is 12.2 Å². The quantitative estimate of drug-likeness (QED) is 0.768. The summed E-state index contributed by atoms with van der Waals surface area (Å²) in [5.41, 5.74) is 1.45. The molecule has 0 aromatic carbocycles. The Morgan fingerprint density at radius 1 is 1.15 bits per heavy atom. The lowest BCUT2D eigenvalue weighted by molar-refractivity contribution is -0.148. The first kappa shape index (κ1) is 18.5. The third-order valence-electron chi connectivity index (χ3n) is 6.64. The molecule has 1 amide bonds. The highest BCUT2D eigenvalue weighted by atomic mass is 32.1. The summed E-state index contributed by atoms with van der Waals surface area (Å²) in [6.45, 7) is 2.19. The number of carbonyl (C=O) groups is 3. The van der Waals surface area contributed by atoms with Crippen LogP contribution in [0.5, 0.6) is 0 Å². The van der Waals surface area contributed by atoms with Crippen LogP contribution >= 0.6 is 11.3 Å². The number of fused-ring (bicyclic) bond motifs is 3. The van der Waals surface area contributed by atoms with E-state index in [9.17, 15) is 19.5 Å². The molecule has 2 fully saturated rings. The van der Waals surface area contributed by atoms with E-state index in [1.807, 2.05) is 0 Å². The predicted molar refractivity (Wildman–Crippen MR) is 101 cm³/mol. The van der Waals surface area contributed by atoms with Gasteiger partial charge in [0.1, 0.15) is 5.00 Å². The lowest BCUT2D eigenvalue weighted by atomic mass is 9.78. The van der Waals surface area contributed by atoms with Crippen LogP contribution in [0.3, 0.4) is 0 Å². The topological polar surface area (TPSA) is 92.7 Å². The smallest absolute Gasteiger partial charge is 0.341 e. The molecule has 1 aromatic heterocycles. The highest BCUT2D eigenvalue weighted by Gasteiger charge is 2.54. The van der Waals surface area contributed by atoms with Crippen molar-refractivity contribution in [2.24, 2.45) is 29.6 Å². The number of esters is 1. The number of hydrogen-bond donors (Lipinski definition) is 2. The number of carboxylic acid groups (broad SMARTS) is 1. The van der Waals surface area contributed by atoms with E-state index in [1.54, 1.807) is 0 Å². The van der Waals surface area contributed by atoms with E-state index in [1.165, 1.54) is 18.4 Å². The zero-order valence-electron chi connectivity index (χ0n) is 15.6. The minimum atomic E-state index is -0.880. The minimum absolute atomic E-state index is 0.0979. The van der Waals surface area contributed by atoms with Gasteiger partial charge in [0.2, 0.25) is 5.91 Å². The van der Waals surface area contributed by atoms with E-state index in [0.717, 1.165) is 49.0 Å². The Labute approximate surface area is 162 Å². The molecule has 2 N–H and O–H groups in total. The van der Waals surface area contributed by atoms with E-state index < -0.39 is 23.8 Å². The molecular formula is C20H25NO5S. The largest absolute Gasteiger partial charge is 0.481 e. The number of methoxy groups -OCH3 is 1. The number of aliphatic carboxylic acids is 1. The standard InChI is InChI=1S/C20H25NO5S/c1-9-3-6-12-13(7-9)27-18(16(12)20(25)26-2)21-17(22)14-10-4-5-11(8-10)15(14)19(23)24/h9-11,14-15H,3-8H2,1-2H3,(H,21,22)(H,23,24)/t9-,10+,11+,14-,15+/m1/s1. The number of ether oxygens (including phenoxy) is 1. The Hall–Kier alpha value is -1.89. The second kappa shape index (κ2) is 6.93. The number of anilines is 1. The van der Waals surface area contributed by atoms with Crippen molar-refractivity contribution in [2.75, 3.05) is 12.4 Å². The van der Waals surface area contributed by atoms with Gasteiger partial charge < -0.3 is 15.2 Å².